The highest BCUT2D eigenvalue weighted by molar-refractivity contribution is 8.00. The first-order valence-corrected chi connectivity index (χ1v) is 9.30. The van der Waals surface area contributed by atoms with Crippen molar-refractivity contribution in [3.8, 4) is 0 Å². The molecule has 0 aromatic heterocycles. The van der Waals surface area contributed by atoms with E-state index in [4.69, 9.17) is 4.18 Å². The molecule has 1 atom stereocenters. The van der Waals surface area contributed by atoms with Gasteiger partial charge >= 0.3 is 5.51 Å². The zero-order chi connectivity index (χ0) is 17.4. The molecule has 0 amide bonds. The fraction of sp³-hybridized carbons (Fsp3) is 0.333. The van der Waals surface area contributed by atoms with Crippen LogP contribution >= 0.6 is 23.8 Å². The highest BCUT2D eigenvalue weighted by Gasteiger charge is 2.30. The molecule has 0 aliphatic heterocycles. The maximum atomic E-state index is 12.5. The molecule has 0 saturated carbocycles. The van der Waals surface area contributed by atoms with E-state index in [2.05, 4.69) is 0 Å². The molecular formula is C18H19F3OS2. The van der Waals surface area contributed by atoms with Crippen molar-refractivity contribution in [2.45, 2.75) is 36.3 Å². The summed E-state index contributed by atoms with van der Waals surface area (Å²) in [6, 6.07) is 17.4. The Morgan fingerprint density at radius 2 is 1.67 bits per heavy atom. The van der Waals surface area contributed by atoms with E-state index in [9.17, 15) is 13.2 Å². The standard InChI is InChI=1S/C18H19F3OS2/c1-14-7-11-17(12-8-14)24-22-16(13-23-18(19,20)21)10-9-15-5-3-2-4-6-15/h2-8,11-12,16H,9-10,13H2,1H3. The number of thioether (sulfide) groups is 1. The molecule has 0 heterocycles. The number of aryl methyl sites for hydroxylation is 2. The fourth-order valence-electron chi connectivity index (χ4n) is 2.04. The predicted molar refractivity (Wildman–Crippen MR) is 95.2 cm³/mol. The second-order valence-electron chi connectivity index (χ2n) is 5.40. The number of halogens is 3. The molecule has 0 aliphatic carbocycles. The maximum absolute atomic E-state index is 12.5. The van der Waals surface area contributed by atoms with Crippen LogP contribution in [0.3, 0.4) is 0 Å². The lowest BCUT2D eigenvalue weighted by Gasteiger charge is -2.17. The van der Waals surface area contributed by atoms with Gasteiger partial charge in [-0.1, -0.05) is 48.0 Å². The van der Waals surface area contributed by atoms with Gasteiger partial charge in [0.25, 0.3) is 0 Å². The van der Waals surface area contributed by atoms with Crippen molar-refractivity contribution >= 4 is 23.8 Å². The van der Waals surface area contributed by atoms with Crippen LogP contribution in [-0.4, -0.2) is 17.4 Å². The van der Waals surface area contributed by atoms with E-state index in [1.165, 1.54) is 0 Å². The van der Waals surface area contributed by atoms with E-state index in [0.717, 1.165) is 28.1 Å². The molecule has 24 heavy (non-hydrogen) atoms. The molecule has 0 fully saturated rings. The van der Waals surface area contributed by atoms with Crippen molar-refractivity contribution in [1.82, 2.24) is 0 Å². The van der Waals surface area contributed by atoms with Gasteiger partial charge in [0.15, 0.2) is 0 Å². The average molecular weight is 372 g/mol. The van der Waals surface area contributed by atoms with Gasteiger partial charge in [0.2, 0.25) is 0 Å². The highest BCUT2D eigenvalue weighted by Crippen LogP contribution is 2.33. The zero-order valence-electron chi connectivity index (χ0n) is 13.3. The molecule has 0 N–H and O–H groups in total. The van der Waals surface area contributed by atoms with E-state index in [1.54, 1.807) is 0 Å². The summed E-state index contributed by atoms with van der Waals surface area (Å²) in [6.07, 6.45) is 0.771. The second kappa shape index (κ2) is 9.39. The normalized spacial score (nSPS) is 13.0. The molecular weight excluding hydrogens is 353 g/mol. The van der Waals surface area contributed by atoms with Crippen LogP contribution in [0.15, 0.2) is 59.5 Å². The minimum atomic E-state index is -4.23. The van der Waals surface area contributed by atoms with Gasteiger partial charge in [0.1, 0.15) is 0 Å². The van der Waals surface area contributed by atoms with Gasteiger partial charge in [0, 0.05) is 22.7 Å². The summed E-state index contributed by atoms with van der Waals surface area (Å²) in [6.45, 7) is 1.98. The van der Waals surface area contributed by atoms with Gasteiger partial charge in [-0.25, -0.2) is 0 Å². The maximum Gasteiger partial charge on any atom is 0.441 e. The van der Waals surface area contributed by atoms with Gasteiger partial charge in [-0.05, 0) is 49.2 Å². The Morgan fingerprint density at radius 3 is 2.29 bits per heavy atom. The topological polar surface area (TPSA) is 9.23 Å². The van der Waals surface area contributed by atoms with Gasteiger partial charge in [-0.15, -0.1) is 0 Å². The van der Waals surface area contributed by atoms with Gasteiger partial charge < -0.3 is 4.18 Å². The third kappa shape index (κ3) is 7.64. The number of benzene rings is 2. The van der Waals surface area contributed by atoms with E-state index < -0.39 is 11.6 Å². The smallest absolute Gasteiger partial charge is 0.306 e. The lowest BCUT2D eigenvalue weighted by molar-refractivity contribution is -0.0332. The number of alkyl halides is 3. The Kier molecular flexibility index (Phi) is 7.52. The molecule has 0 saturated heterocycles. The van der Waals surface area contributed by atoms with Crippen molar-refractivity contribution in [3.63, 3.8) is 0 Å². The Morgan fingerprint density at radius 1 is 1.00 bits per heavy atom. The molecule has 2 aromatic rings. The summed E-state index contributed by atoms with van der Waals surface area (Å²) in [5.74, 6) is -0.102. The third-order valence-corrected chi connectivity index (χ3v) is 5.03. The minimum Gasteiger partial charge on any atom is -0.306 e. The van der Waals surface area contributed by atoms with Crippen LogP contribution < -0.4 is 0 Å². The van der Waals surface area contributed by atoms with Crippen LogP contribution in [0.2, 0.25) is 0 Å². The SMILES string of the molecule is Cc1ccc(SOC(CCc2ccccc2)CSC(F)(F)F)cc1. The van der Waals surface area contributed by atoms with Crippen molar-refractivity contribution < 1.29 is 17.4 Å². The van der Waals surface area contributed by atoms with Crippen molar-refractivity contribution in [3.05, 3.63) is 65.7 Å². The highest BCUT2D eigenvalue weighted by atomic mass is 32.2. The Labute approximate surface area is 149 Å². The molecule has 130 valence electrons. The Bertz CT molecular complexity index is 600. The van der Waals surface area contributed by atoms with Gasteiger partial charge in [0.05, 0.1) is 6.10 Å². The van der Waals surface area contributed by atoms with Gasteiger partial charge in [-0.2, -0.15) is 13.2 Å². The molecule has 0 aliphatic rings. The average Bonchev–Trinajstić information content (AvgIpc) is 2.56. The first kappa shape index (κ1) is 19.2. The fourth-order valence-corrected chi connectivity index (χ4v) is 3.39. The molecule has 2 rings (SSSR count). The molecule has 6 heteroatoms. The molecule has 0 spiro atoms. The molecule has 0 radical (unpaired) electrons. The monoisotopic (exact) mass is 372 g/mol. The van der Waals surface area contributed by atoms with Crippen molar-refractivity contribution in [1.29, 1.82) is 0 Å². The number of rotatable bonds is 8. The van der Waals surface area contributed by atoms with E-state index in [1.807, 2.05) is 61.5 Å². The lowest BCUT2D eigenvalue weighted by atomic mass is 10.1. The van der Waals surface area contributed by atoms with Crippen LogP contribution in [0.4, 0.5) is 13.2 Å². The summed E-state index contributed by atoms with van der Waals surface area (Å²) < 4.78 is 43.1. The summed E-state index contributed by atoms with van der Waals surface area (Å²) in [4.78, 5) is 0.891. The van der Waals surface area contributed by atoms with Crippen molar-refractivity contribution in [2.75, 3.05) is 5.75 Å². The van der Waals surface area contributed by atoms with E-state index in [0.29, 0.717) is 12.8 Å². The molecule has 1 nitrogen and oxygen atoms in total. The number of hydrogen-bond acceptors (Lipinski definition) is 3. The van der Waals surface area contributed by atoms with Crippen molar-refractivity contribution in [2.24, 2.45) is 0 Å². The van der Waals surface area contributed by atoms with Crippen LogP contribution in [0.25, 0.3) is 0 Å². The lowest BCUT2D eigenvalue weighted by Crippen LogP contribution is -2.17. The number of hydrogen-bond donors (Lipinski definition) is 0. The molecule has 1 unspecified atom stereocenters. The first-order valence-electron chi connectivity index (χ1n) is 7.57. The molecule has 0 bridgehead atoms. The summed E-state index contributed by atoms with van der Waals surface area (Å²) in [5, 5.41) is 0. The van der Waals surface area contributed by atoms with Crippen LogP contribution in [0.5, 0.6) is 0 Å². The largest absolute Gasteiger partial charge is 0.441 e. The van der Waals surface area contributed by atoms with Crippen LogP contribution in [-0.2, 0) is 10.6 Å². The molecule has 2 aromatic carbocycles. The Hall–Kier alpha value is -1.11. The Balaban J connectivity index is 1.89. The zero-order valence-corrected chi connectivity index (χ0v) is 14.9. The summed E-state index contributed by atoms with van der Waals surface area (Å²) in [7, 11) is 0. The first-order chi connectivity index (χ1) is 11.4. The summed E-state index contributed by atoms with van der Waals surface area (Å²) >= 11 is 1.12. The summed E-state index contributed by atoms with van der Waals surface area (Å²) in [5.41, 5.74) is -2.00. The third-order valence-electron chi connectivity index (χ3n) is 3.33. The van der Waals surface area contributed by atoms with Crippen LogP contribution in [0.1, 0.15) is 17.5 Å². The minimum absolute atomic E-state index is 0.0239. The quantitative estimate of drug-likeness (QED) is 0.505. The van der Waals surface area contributed by atoms with Crippen LogP contribution in [0, 0.1) is 6.92 Å². The van der Waals surface area contributed by atoms with Gasteiger partial charge in [-0.3, -0.25) is 0 Å². The van der Waals surface area contributed by atoms with E-state index >= 15 is 0 Å². The predicted octanol–water partition coefficient (Wildman–Crippen LogP) is 6.27. The second-order valence-corrected chi connectivity index (χ2v) is 7.31. The van der Waals surface area contributed by atoms with E-state index in [-0.39, 0.29) is 17.5 Å².